The van der Waals surface area contributed by atoms with Crippen molar-refractivity contribution >= 4 is 50.4 Å². The van der Waals surface area contributed by atoms with Crippen molar-refractivity contribution in [1.29, 1.82) is 0 Å². The van der Waals surface area contributed by atoms with Gasteiger partial charge in [0.2, 0.25) is 0 Å². The Balaban J connectivity index is 0.000000505. The number of alkyl halides is 3. The number of rotatable bonds is 6. The van der Waals surface area contributed by atoms with Gasteiger partial charge in [0, 0.05) is 13.1 Å². The van der Waals surface area contributed by atoms with Gasteiger partial charge in [-0.15, -0.1) is 11.3 Å². The number of thiophene rings is 1. The Labute approximate surface area is 219 Å². The Kier molecular flexibility index (Phi) is 8.78. The van der Waals surface area contributed by atoms with E-state index in [1.807, 2.05) is 17.0 Å². The molecule has 0 bridgehead atoms. The van der Waals surface area contributed by atoms with Gasteiger partial charge in [-0.25, -0.2) is 23.0 Å². The first-order chi connectivity index (χ1) is 17.8. The number of nitrogens with one attached hydrogen (secondary N) is 1. The van der Waals surface area contributed by atoms with Gasteiger partial charge in [-0.3, -0.25) is 4.72 Å². The second-order valence-electron chi connectivity index (χ2n) is 7.98. The molecule has 0 atom stereocenters. The summed E-state index contributed by atoms with van der Waals surface area (Å²) < 4.78 is 59.2. The van der Waals surface area contributed by atoms with Crippen molar-refractivity contribution in [2.45, 2.75) is 23.7 Å². The predicted molar refractivity (Wildman–Crippen MR) is 136 cm³/mol. The van der Waals surface area contributed by atoms with Crippen LogP contribution < -0.4 is 9.62 Å². The second-order valence-corrected chi connectivity index (χ2v) is 10.8. The van der Waals surface area contributed by atoms with Crippen molar-refractivity contribution in [2.75, 3.05) is 22.7 Å². The van der Waals surface area contributed by atoms with E-state index >= 15 is 0 Å². The highest BCUT2D eigenvalue weighted by Gasteiger charge is 2.38. The third kappa shape index (κ3) is 7.10. The number of aryl methyl sites for hydroxylation is 1. The van der Waals surface area contributed by atoms with E-state index in [-0.39, 0.29) is 15.5 Å². The molecule has 1 aliphatic rings. The molecule has 3 N–H and O–H groups in total. The number of sulfonamides is 1. The number of carboxylic acids is 2. The molecule has 0 amide bonds. The van der Waals surface area contributed by atoms with Crippen LogP contribution in [-0.4, -0.2) is 54.8 Å². The van der Waals surface area contributed by atoms with Crippen LogP contribution in [0.15, 0.2) is 64.3 Å². The maximum absolute atomic E-state index is 12.4. The zero-order valence-corrected chi connectivity index (χ0v) is 21.4. The third-order valence-corrected chi connectivity index (χ3v) is 8.13. The van der Waals surface area contributed by atoms with Gasteiger partial charge in [0.15, 0.2) is 0 Å². The molecule has 1 aliphatic heterocycles. The Bertz CT molecular complexity index is 1460. The van der Waals surface area contributed by atoms with E-state index in [4.69, 9.17) is 9.90 Å². The molecule has 0 saturated carbocycles. The minimum Gasteiger partial charge on any atom is -0.478 e. The molecular weight excluding hydrogens is 547 g/mol. The molecule has 0 radical (unpaired) electrons. The summed E-state index contributed by atoms with van der Waals surface area (Å²) in [6.45, 7) is 3.22. The molecule has 38 heavy (non-hydrogen) atoms. The van der Waals surface area contributed by atoms with Crippen LogP contribution in [0, 0.1) is 6.92 Å². The molecular formula is C24H22F3N3O6S2. The van der Waals surface area contributed by atoms with Crippen molar-refractivity contribution < 1.29 is 41.4 Å². The van der Waals surface area contributed by atoms with Crippen LogP contribution >= 0.6 is 11.3 Å². The maximum Gasteiger partial charge on any atom is 0.490 e. The van der Waals surface area contributed by atoms with Gasteiger partial charge < -0.3 is 15.1 Å². The number of hydrogen-bond acceptors (Lipinski definition) is 7. The lowest BCUT2D eigenvalue weighted by Gasteiger charge is -2.29. The molecule has 1 aromatic carbocycles. The Morgan fingerprint density at radius 2 is 1.82 bits per heavy atom. The van der Waals surface area contributed by atoms with E-state index in [1.54, 1.807) is 11.4 Å². The summed E-state index contributed by atoms with van der Waals surface area (Å²) >= 11 is 1.08. The molecule has 4 rings (SSSR count). The highest BCUT2D eigenvalue weighted by Crippen LogP contribution is 2.30. The lowest BCUT2D eigenvalue weighted by atomic mass is 9.95. The van der Waals surface area contributed by atoms with Gasteiger partial charge >= 0.3 is 18.1 Å². The zero-order chi connectivity index (χ0) is 28.1. The average molecular weight is 570 g/mol. The second kappa shape index (κ2) is 11.6. The normalized spacial score (nSPS) is 13.7. The Morgan fingerprint density at radius 1 is 1.13 bits per heavy atom. The molecule has 0 spiro atoms. The standard InChI is InChI=1S/C22H21N3O4S2.C2HF3O2/c1-15-5-2-3-6-18(15)16-8-10-25(11-9-16)21-19(22(26)27)13-17(14-23-21)24-31(28,29)20-7-4-12-30-20;3-2(4,5)1(6)7/h2-8,12-14,24H,9-11H2,1H3,(H,26,27);(H,6,7). The minimum absolute atomic E-state index is 0.0425. The summed E-state index contributed by atoms with van der Waals surface area (Å²) in [5.41, 5.74) is 3.70. The number of pyridine rings is 1. The number of aromatic nitrogens is 1. The van der Waals surface area contributed by atoms with Gasteiger partial charge in [0.25, 0.3) is 10.0 Å². The highest BCUT2D eigenvalue weighted by atomic mass is 32.2. The Morgan fingerprint density at radius 3 is 2.34 bits per heavy atom. The number of anilines is 2. The van der Waals surface area contributed by atoms with E-state index in [9.17, 15) is 31.5 Å². The predicted octanol–water partition coefficient (Wildman–Crippen LogP) is 4.88. The first-order valence-electron chi connectivity index (χ1n) is 10.9. The summed E-state index contributed by atoms with van der Waals surface area (Å²) in [4.78, 5) is 27.0. The zero-order valence-electron chi connectivity index (χ0n) is 19.8. The first kappa shape index (κ1) is 28.7. The molecule has 0 aliphatic carbocycles. The van der Waals surface area contributed by atoms with Crippen LogP contribution in [0.2, 0.25) is 0 Å². The lowest BCUT2D eigenvalue weighted by molar-refractivity contribution is -0.192. The third-order valence-electron chi connectivity index (χ3n) is 5.35. The van der Waals surface area contributed by atoms with Crippen molar-refractivity contribution in [1.82, 2.24) is 4.98 Å². The molecule has 9 nitrogen and oxygen atoms in total. The molecule has 0 unspecified atom stereocenters. The van der Waals surface area contributed by atoms with Crippen molar-refractivity contribution in [3.8, 4) is 0 Å². The number of carbonyl (C=O) groups is 2. The number of halogens is 3. The number of benzene rings is 1. The van der Waals surface area contributed by atoms with Gasteiger partial charge in [-0.1, -0.05) is 36.4 Å². The molecule has 0 fully saturated rings. The maximum atomic E-state index is 12.4. The van der Waals surface area contributed by atoms with Crippen LogP contribution in [0.5, 0.6) is 0 Å². The molecule has 3 aromatic rings. The highest BCUT2D eigenvalue weighted by molar-refractivity contribution is 7.94. The SMILES string of the molecule is Cc1ccccc1C1=CCN(c2ncc(NS(=O)(=O)c3cccs3)cc2C(=O)O)CC1.O=C(O)C(F)(F)F. The minimum atomic E-state index is -5.08. The van der Waals surface area contributed by atoms with Gasteiger partial charge in [-0.05, 0) is 47.6 Å². The number of aromatic carboxylic acids is 1. The van der Waals surface area contributed by atoms with E-state index < -0.39 is 28.1 Å². The number of hydrogen-bond donors (Lipinski definition) is 3. The van der Waals surface area contributed by atoms with Gasteiger partial charge in [0.05, 0.1) is 11.9 Å². The molecule has 3 heterocycles. The number of nitrogens with zero attached hydrogens (tertiary/aromatic N) is 2. The summed E-state index contributed by atoms with van der Waals surface area (Å²) in [5.74, 6) is -3.59. The molecule has 0 saturated heterocycles. The van der Waals surface area contributed by atoms with Crippen molar-refractivity contribution in [3.05, 3.63) is 76.8 Å². The summed E-state index contributed by atoms with van der Waals surface area (Å²) in [7, 11) is -3.78. The monoisotopic (exact) mass is 569 g/mol. The van der Waals surface area contributed by atoms with E-state index in [2.05, 4.69) is 34.8 Å². The van der Waals surface area contributed by atoms with Crippen LogP contribution in [0.1, 0.15) is 27.9 Å². The summed E-state index contributed by atoms with van der Waals surface area (Å²) in [5, 5.41) is 18.5. The molecule has 2 aromatic heterocycles. The van der Waals surface area contributed by atoms with E-state index in [0.717, 1.165) is 17.8 Å². The van der Waals surface area contributed by atoms with Gasteiger partial charge in [-0.2, -0.15) is 13.2 Å². The topological polar surface area (TPSA) is 137 Å². The van der Waals surface area contributed by atoms with Crippen LogP contribution in [0.25, 0.3) is 5.57 Å². The number of carboxylic acid groups (broad SMARTS) is 2. The number of aliphatic carboxylic acids is 1. The summed E-state index contributed by atoms with van der Waals surface area (Å²) in [6.07, 6.45) is -0.877. The molecule has 202 valence electrons. The van der Waals surface area contributed by atoms with E-state index in [1.165, 1.54) is 35.0 Å². The van der Waals surface area contributed by atoms with Crippen LogP contribution in [0.3, 0.4) is 0 Å². The van der Waals surface area contributed by atoms with Crippen LogP contribution in [0.4, 0.5) is 24.7 Å². The fourth-order valence-corrected chi connectivity index (χ4v) is 5.61. The average Bonchev–Trinajstić information content (AvgIpc) is 3.40. The Hall–Kier alpha value is -3.91. The quantitative estimate of drug-likeness (QED) is 0.382. The molecule has 14 heteroatoms. The fraction of sp³-hybridized carbons (Fsp3) is 0.208. The fourth-order valence-electron chi connectivity index (χ4n) is 3.58. The largest absolute Gasteiger partial charge is 0.490 e. The lowest BCUT2D eigenvalue weighted by Crippen LogP contribution is -2.30. The van der Waals surface area contributed by atoms with Crippen molar-refractivity contribution in [2.24, 2.45) is 0 Å². The smallest absolute Gasteiger partial charge is 0.478 e. The van der Waals surface area contributed by atoms with Crippen molar-refractivity contribution in [3.63, 3.8) is 0 Å². The first-order valence-corrected chi connectivity index (χ1v) is 13.3. The van der Waals surface area contributed by atoms with Crippen LogP contribution in [-0.2, 0) is 14.8 Å². The van der Waals surface area contributed by atoms with E-state index in [0.29, 0.717) is 18.9 Å². The summed E-state index contributed by atoms with van der Waals surface area (Å²) in [6, 6.07) is 12.6. The van der Waals surface area contributed by atoms with Gasteiger partial charge in [0.1, 0.15) is 15.6 Å².